The number of nitrogens with one attached hydrogen (secondary N) is 2. The molecule has 2 rings (SSSR count). The van der Waals surface area contributed by atoms with Crippen molar-refractivity contribution in [2.45, 2.75) is 17.7 Å². The summed E-state index contributed by atoms with van der Waals surface area (Å²) in [4.78, 5) is 4.07. The Balaban J connectivity index is 0.00000264. The van der Waals surface area contributed by atoms with Crippen LogP contribution in [0.3, 0.4) is 0 Å². The number of rotatable bonds is 7. The first-order chi connectivity index (χ1) is 10.5. The van der Waals surface area contributed by atoms with Gasteiger partial charge in [0.2, 0.25) is 15.9 Å². The zero-order valence-electron chi connectivity index (χ0n) is 13.4. The zero-order valence-corrected chi connectivity index (χ0v) is 15.0. The van der Waals surface area contributed by atoms with Gasteiger partial charge in [-0.2, -0.15) is 0 Å². The maximum Gasteiger partial charge on any atom is 0.242 e. The second-order valence-corrected chi connectivity index (χ2v) is 7.31. The first-order valence-corrected chi connectivity index (χ1v) is 8.69. The van der Waals surface area contributed by atoms with Crippen LogP contribution in [-0.2, 0) is 14.8 Å². The molecule has 0 bridgehead atoms. The lowest BCUT2D eigenvalue weighted by molar-refractivity contribution is 0.0577. The minimum absolute atomic E-state index is 0. The third-order valence-corrected chi connectivity index (χ3v) is 5.37. The van der Waals surface area contributed by atoms with Crippen LogP contribution in [0.5, 0.6) is 5.88 Å². The van der Waals surface area contributed by atoms with E-state index in [9.17, 15) is 8.42 Å². The van der Waals surface area contributed by atoms with E-state index in [0.29, 0.717) is 19.0 Å². The summed E-state index contributed by atoms with van der Waals surface area (Å²) >= 11 is 0. The quantitative estimate of drug-likeness (QED) is 0.743. The van der Waals surface area contributed by atoms with E-state index in [0.717, 1.165) is 25.9 Å². The highest BCUT2D eigenvalue weighted by Gasteiger charge is 2.33. The number of pyridine rings is 1. The van der Waals surface area contributed by atoms with Crippen molar-refractivity contribution >= 4 is 22.4 Å². The molecule has 7 nitrogen and oxygen atoms in total. The van der Waals surface area contributed by atoms with Gasteiger partial charge in [0.15, 0.2) is 0 Å². The lowest BCUT2D eigenvalue weighted by Crippen LogP contribution is -2.47. The number of piperidine rings is 1. The standard InChI is InChI=1S/C14H23N3O4S.ClH/c1-20-11-14(5-7-15-8-6-14)10-17-22(18,19)12-3-4-13(21-2)16-9-12;/h3-4,9,15,17H,5-8,10-11H2,1-2H3;1H. The van der Waals surface area contributed by atoms with Crippen molar-refractivity contribution in [1.29, 1.82) is 0 Å². The Hall–Kier alpha value is -0.930. The summed E-state index contributed by atoms with van der Waals surface area (Å²) in [6, 6.07) is 3.02. The molecule has 2 N–H and O–H groups in total. The van der Waals surface area contributed by atoms with E-state index in [1.165, 1.54) is 25.4 Å². The van der Waals surface area contributed by atoms with Gasteiger partial charge in [-0.1, -0.05) is 0 Å². The Bertz CT molecular complexity index is 569. The van der Waals surface area contributed by atoms with Gasteiger partial charge in [0.25, 0.3) is 0 Å². The fraction of sp³-hybridized carbons (Fsp3) is 0.643. The summed E-state index contributed by atoms with van der Waals surface area (Å²) in [5.74, 6) is 0.383. The molecule has 2 heterocycles. The van der Waals surface area contributed by atoms with Crippen molar-refractivity contribution in [2.75, 3.05) is 40.5 Å². The van der Waals surface area contributed by atoms with Crippen molar-refractivity contribution in [3.63, 3.8) is 0 Å². The van der Waals surface area contributed by atoms with E-state index in [1.807, 2.05) is 0 Å². The van der Waals surface area contributed by atoms with Gasteiger partial charge in [0.1, 0.15) is 4.90 Å². The number of methoxy groups -OCH3 is 2. The highest BCUT2D eigenvalue weighted by atomic mass is 35.5. The average Bonchev–Trinajstić information content (AvgIpc) is 2.54. The first-order valence-electron chi connectivity index (χ1n) is 7.21. The molecule has 1 aromatic rings. The molecule has 23 heavy (non-hydrogen) atoms. The van der Waals surface area contributed by atoms with Gasteiger partial charge in [0, 0.05) is 25.1 Å². The van der Waals surface area contributed by atoms with Crippen molar-refractivity contribution in [2.24, 2.45) is 5.41 Å². The van der Waals surface area contributed by atoms with E-state index in [1.54, 1.807) is 7.11 Å². The minimum Gasteiger partial charge on any atom is -0.481 e. The molecule has 9 heteroatoms. The summed E-state index contributed by atoms with van der Waals surface area (Å²) in [5, 5.41) is 3.28. The van der Waals surface area contributed by atoms with Crippen molar-refractivity contribution < 1.29 is 17.9 Å². The molecule has 0 amide bonds. The molecule has 1 aliphatic rings. The predicted octanol–water partition coefficient (Wildman–Crippen LogP) is 0.806. The maximum atomic E-state index is 12.4. The third kappa shape index (κ3) is 5.29. The molecule has 1 fully saturated rings. The zero-order chi connectivity index (χ0) is 16.1. The Labute approximate surface area is 143 Å². The second kappa shape index (κ2) is 8.79. The van der Waals surface area contributed by atoms with Gasteiger partial charge in [-0.25, -0.2) is 18.1 Å². The average molecular weight is 366 g/mol. The summed E-state index contributed by atoms with van der Waals surface area (Å²) in [6.07, 6.45) is 3.06. The van der Waals surface area contributed by atoms with Crippen molar-refractivity contribution in [3.8, 4) is 5.88 Å². The number of sulfonamides is 1. The van der Waals surface area contributed by atoms with Crippen LogP contribution in [-0.4, -0.2) is 53.9 Å². The molecular weight excluding hydrogens is 342 g/mol. The molecule has 0 spiro atoms. The van der Waals surface area contributed by atoms with Crippen molar-refractivity contribution in [3.05, 3.63) is 18.3 Å². The van der Waals surface area contributed by atoms with Crippen molar-refractivity contribution in [1.82, 2.24) is 15.0 Å². The van der Waals surface area contributed by atoms with Gasteiger partial charge in [-0.15, -0.1) is 12.4 Å². The van der Waals surface area contributed by atoms with Crippen LogP contribution in [0.4, 0.5) is 0 Å². The van der Waals surface area contributed by atoms with Gasteiger partial charge in [0.05, 0.1) is 19.9 Å². The number of hydrogen-bond donors (Lipinski definition) is 2. The minimum atomic E-state index is -3.59. The van der Waals surface area contributed by atoms with E-state index in [4.69, 9.17) is 9.47 Å². The van der Waals surface area contributed by atoms with Crippen LogP contribution in [0, 0.1) is 5.41 Å². The Morgan fingerprint density at radius 2 is 2.00 bits per heavy atom. The topological polar surface area (TPSA) is 89.5 Å². The normalized spacial score (nSPS) is 17.3. The first kappa shape index (κ1) is 20.1. The van der Waals surface area contributed by atoms with Gasteiger partial charge in [-0.3, -0.25) is 0 Å². The number of ether oxygens (including phenoxy) is 2. The Kier molecular flexibility index (Phi) is 7.69. The molecule has 1 aliphatic heterocycles. The van der Waals surface area contributed by atoms with Crippen LogP contribution < -0.4 is 14.8 Å². The lowest BCUT2D eigenvalue weighted by Gasteiger charge is -2.37. The molecule has 1 saturated heterocycles. The second-order valence-electron chi connectivity index (χ2n) is 5.54. The Morgan fingerprint density at radius 1 is 1.30 bits per heavy atom. The highest BCUT2D eigenvalue weighted by Crippen LogP contribution is 2.28. The SMILES string of the molecule is COCC1(CNS(=O)(=O)c2ccc(OC)nc2)CCNCC1.Cl. The molecule has 1 aromatic heterocycles. The summed E-state index contributed by atoms with van der Waals surface area (Å²) in [6.45, 7) is 2.64. The molecule has 0 aromatic carbocycles. The van der Waals surface area contributed by atoms with E-state index in [-0.39, 0.29) is 22.7 Å². The van der Waals surface area contributed by atoms with E-state index >= 15 is 0 Å². The van der Waals surface area contributed by atoms with Crippen LogP contribution >= 0.6 is 12.4 Å². The molecule has 132 valence electrons. The lowest BCUT2D eigenvalue weighted by atomic mass is 9.80. The number of hydrogen-bond acceptors (Lipinski definition) is 6. The fourth-order valence-corrected chi connectivity index (χ4v) is 3.71. The van der Waals surface area contributed by atoms with Crippen LogP contribution in [0.1, 0.15) is 12.8 Å². The maximum absolute atomic E-state index is 12.4. The Morgan fingerprint density at radius 3 is 2.52 bits per heavy atom. The molecule has 0 radical (unpaired) electrons. The highest BCUT2D eigenvalue weighted by molar-refractivity contribution is 7.89. The van der Waals surface area contributed by atoms with E-state index in [2.05, 4.69) is 15.0 Å². The summed E-state index contributed by atoms with van der Waals surface area (Å²) in [5.41, 5.74) is -0.160. The summed E-state index contributed by atoms with van der Waals surface area (Å²) in [7, 11) is -0.454. The van der Waals surface area contributed by atoms with Crippen LogP contribution in [0.2, 0.25) is 0 Å². The van der Waals surface area contributed by atoms with E-state index < -0.39 is 10.0 Å². The molecule has 0 aliphatic carbocycles. The number of halogens is 1. The fourth-order valence-electron chi connectivity index (χ4n) is 2.61. The number of aromatic nitrogens is 1. The molecular formula is C14H24ClN3O4S. The monoisotopic (exact) mass is 365 g/mol. The summed E-state index contributed by atoms with van der Waals surface area (Å²) < 4.78 is 37.7. The predicted molar refractivity (Wildman–Crippen MR) is 89.6 cm³/mol. The number of nitrogens with zero attached hydrogens (tertiary/aromatic N) is 1. The molecule has 0 atom stereocenters. The van der Waals surface area contributed by atoms with Gasteiger partial charge < -0.3 is 14.8 Å². The van der Waals surface area contributed by atoms with Crippen LogP contribution in [0.15, 0.2) is 23.2 Å². The molecule has 0 saturated carbocycles. The van der Waals surface area contributed by atoms with Crippen LogP contribution in [0.25, 0.3) is 0 Å². The molecule has 0 unspecified atom stereocenters. The largest absolute Gasteiger partial charge is 0.481 e. The third-order valence-electron chi connectivity index (χ3n) is 3.98. The smallest absolute Gasteiger partial charge is 0.242 e. The van der Waals surface area contributed by atoms with Gasteiger partial charge >= 0.3 is 0 Å². The van der Waals surface area contributed by atoms with Gasteiger partial charge in [-0.05, 0) is 32.0 Å².